The molecule has 9 heteroatoms. The first-order valence-corrected chi connectivity index (χ1v) is 11.8. The Morgan fingerprint density at radius 1 is 1.09 bits per heavy atom. The molecule has 4 heterocycles. The third-order valence-electron chi connectivity index (χ3n) is 5.48. The number of nitrogens with zero attached hydrogens (tertiary/aromatic N) is 3. The Morgan fingerprint density at radius 2 is 1.91 bits per heavy atom. The van der Waals surface area contributed by atoms with Crippen LogP contribution in [-0.4, -0.2) is 47.0 Å². The average Bonchev–Trinajstić information content (AvgIpc) is 2.83. The predicted octanol–water partition coefficient (Wildman–Crippen LogP) is 4.73. The number of nitrogens with one attached hydrogen (secondary N) is 3. The second kappa shape index (κ2) is 11.7. The van der Waals surface area contributed by atoms with Crippen LogP contribution in [0.15, 0.2) is 54.7 Å². The summed E-state index contributed by atoms with van der Waals surface area (Å²) in [5.41, 5.74) is 2.86. The van der Waals surface area contributed by atoms with E-state index in [0.717, 1.165) is 24.5 Å². The highest BCUT2D eigenvalue weighted by atomic mass is 35.5. The maximum absolute atomic E-state index is 12.2. The maximum Gasteiger partial charge on any atom is 0.229 e. The molecule has 6 bridgehead atoms. The molecule has 0 saturated carbocycles. The lowest BCUT2D eigenvalue weighted by Gasteiger charge is -2.20. The Labute approximate surface area is 204 Å². The number of anilines is 4. The van der Waals surface area contributed by atoms with Gasteiger partial charge in [0.2, 0.25) is 11.9 Å². The van der Waals surface area contributed by atoms with E-state index in [-0.39, 0.29) is 5.91 Å². The van der Waals surface area contributed by atoms with Gasteiger partial charge < -0.3 is 20.7 Å². The van der Waals surface area contributed by atoms with Crippen LogP contribution in [0.3, 0.4) is 0 Å². The molecule has 34 heavy (non-hydrogen) atoms. The topological polar surface area (TPSA) is 91.4 Å². The molecule has 3 aromatic rings. The van der Waals surface area contributed by atoms with Crippen LogP contribution in [0.4, 0.5) is 23.1 Å². The number of rotatable bonds is 1. The molecular weight excluding hydrogens is 452 g/mol. The number of fused-ring (bicyclic) bond motifs is 2. The molecule has 3 N–H and O–H groups in total. The highest BCUT2D eigenvalue weighted by molar-refractivity contribution is 6.32. The molecule has 0 radical (unpaired) electrons. The Balaban J connectivity index is 1.53. The van der Waals surface area contributed by atoms with Crippen molar-refractivity contribution >= 4 is 40.6 Å². The second-order valence-corrected chi connectivity index (χ2v) is 8.44. The first kappa shape index (κ1) is 23.8. The second-order valence-electron chi connectivity index (χ2n) is 8.03. The molecule has 0 spiro atoms. The summed E-state index contributed by atoms with van der Waals surface area (Å²) >= 11 is 6.40. The van der Waals surface area contributed by atoms with Crippen LogP contribution >= 0.6 is 11.6 Å². The summed E-state index contributed by atoms with van der Waals surface area (Å²) < 4.78 is 5.79. The van der Waals surface area contributed by atoms with Gasteiger partial charge in [-0.1, -0.05) is 30.7 Å². The van der Waals surface area contributed by atoms with Gasteiger partial charge in [0, 0.05) is 43.6 Å². The average molecular weight is 481 g/mol. The van der Waals surface area contributed by atoms with Gasteiger partial charge in [0.1, 0.15) is 11.6 Å². The van der Waals surface area contributed by atoms with E-state index in [1.807, 2.05) is 24.3 Å². The number of carbonyl (C=O) groups is 1. The monoisotopic (exact) mass is 480 g/mol. The highest BCUT2D eigenvalue weighted by Gasteiger charge is 2.09. The van der Waals surface area contributed by atoms with E-state index in [9.17, 15) is 4.79 Å². The summed E-state index contributed by atoms with van der Waals surface area (Å²) in [7, 11) is 0. The smallest absolute Gasteiger partial charge is 0.229 e. The van der Waals surface area contributed by atoms with Gasteiger partial charge in [-0.2, -0.15) is 4.98 Å². The highest BCUT2D eigenvalue weighted by Crippen LogP contribution is 2.29. The van der Waals surface area contributed by atoms with E-state index in [1.165, 1.54) is 5.56 Å². The minimum absolute atomic E-state index is 0.0478. The third-order valence-corrected chi connectivity index (χ3v) is 5.77. The standard InChI is InChI=1S/C25H29ClN6O2/c1-2-32-14-11-24(33)27-12-3-15-34-22-9-8-20(16-21(22)26)29-23-10-13-28-25(31-23)30-19-6-4-18(17-32)5-7-19/h4-10,13,16H,2-3,11-12,14-15,17H2,1H3,(H,27,33)(H2,28,29,30,31). The van der Waals surface area contributed by atoms with Gasteiger partial charge in [0.15, 0.2) is 0 Å². The number of ether oxygens (including phenoxy) is 1. The molecule has 6 rings (SSSR count). The van der Waals surface area contributed by atoms with Crippen molar-refractivity contribution in [2.45, 2.75) is 26.3 Å². The summed E-state index contributed by atoms with van der Waals surface area (Å²) in [6.07, 6.45) is 2.85. The normalized spacial score (nSPS) is 15.6. The first-order chi connectivity index (χ1) is 16.6. The number of carbonyl (C=O) groups excluding carboxylic acids is 1. The zero-order valence-corrected chi connectivity index (χ0v) is 19.9. The SMILES string of the molecule is CCN1CCC(=O)NCCCOc2ccc(cc2Cl)Nc2ccnc(n2)Nc2ccc(cc2)C1. The summed E-state index contributed by atoms with van der Waals surface area (Å²) in [6.45, 7) is 5.49. The molecule has 178 valence electrons. The molecule has 0 aliphatic carbocycles. The number of hydrogen-bond donors (Lipinski definition) is 3. The fourth-order valence-corrected chi connectivity index (χ4v) is 3.83. The zero-order valence-electron chi connectivity index (χ0n) is 19.2. The van der Waals surface area contributed by atoms with Crippen molar-refractivity contribution in [2.24, 2.45) is 0 Å². The fourth-order valence-electron chi connectivity index (χ4n) is 3.59. The van der Waals surface area contributed by atoms with Crippen molar-refractivity contribution in [3.05, 3.63) is 65.3 Å². The lowest BCUT2D eigenvalue weighted by Crippen LogP contribution is -2.31. The number of amides is 1. The van der Waals surface area contributed by atoms with E-state index in [1.54, 1.807) is 18.3 Å². The Kier molecular flexibility index (Phi) is 8.17. The number of benzene rings is 2. The van der Waals surface area contributed by atoms with Crippen LogP contribution in [0.2, 0.25) is 5.02 Å². The first-order valence-electron chi connectivity index (χ1n) is 11.5. The molecule has 0 unspecified atom stereocenters. The largest absolute Gasteiger partial charge is 0.492 e. The lowest BCUT2D eigenvalue weighted by atomic mass is 10.2. The number of halogens is 1. The molecule has 1 aromatic heterocycles. The van der Waals surface area contributed by atoms with Crippen LogP contribution in [0.1, 0.15) is 25.3 Å². The third kappa shape index (κ3) is 6.82. The van der Waals surface area contributed by atoms with Gasteiger partial charge in [0.05, 0.1) is 11.6 Å². The quantitative estimate of drug-likeness (QED) is 0.463. The van der Waals surface area contributed by atoms with Gasteiger partial charge in [-0.3, -0.25) is 9.69 Å². The molecule has 0 atom stereocenters. The van der Waals surface area contributed by atoms with Crippen molar-refractivity contribution in [3.63, 3.8) is 0 Å². The maximum atomic E-state index is 12.2. The van der Waals surface area contributed by atoms with Gasteiger partial charge in [-0.25, -0.2) is 4.98 Å². The van der Waals surface area contributed by atoms with Gasteiger partial charge in [-0.15, -0.1) is 0 Å². The van der Waals surface area contributed by atoms with Crippen LogP contribution in [0.5, 0.6) is 5.75 Å². The van der Waals surface area contributed by atoms with E-state index in [0.29, 0.717) is 55.1 Å². The molecule has 2 aromatic carbocycles. The Morgan fingerprint density at radius 3 is 2.71 bits per heavy atom. The molecule has 3 aliphatic heterocycles. The summed E-state index contributed by atoms with van der Waals surface area (Å²) in [5.74, 6) is 1.78. The molecule has 8 nitrogen and oxygen atoms in total. The van der Waals surface area contributed by atoms with Crippen LogP contribution in [0, 0.1) is 0 Å². The van der Waals surface area contributed by atoms with E-state index >= 15 is 0 Å². The zero-order chi connectivity index (χ0) is 23.8. The Bertz CT molecular complexity index is 1110. The van der Waals surface area contributed by atoms with Gasteiger partial charge in [-0.05, 0) is 54.9 Å². The fraction of sp³-hybridized carbons (Fsp3) is 0.320. The molecule has 0 saturated heterocycles. The molecule has 0 fully saturated rings. The Hall–Kier alpha value is -3.36. The minimum Gasteiger partial charge on any atom is -0.492 e. The molecule has 1 amide bonds. The minimum atomic E-state index is 0.0478. The van der Waals surface area contributed by atoms with Crippen LogP contribution in [-0.2, 0) is 11.3 Å². The summed E-state index contributed by atoms with van der Waals surface area (Å²) in [6, 6.07) is 15.5. The predicted molar refractivity (Wildman–Crippen MR) is 135 cm³/mol. The van der Waals surface area contributed by atoms with Gasteiger partial charge >= 0.3 is 0 Å². The lowest BCUT2D eigenvalue weighted by molar-refractivity contribution is -0.121. The van der Waals surface area contributed by atoms with E-state index in [2.05, 4.69) is 49.9 Å². The van der Waals surface area contributed by atoms with Crippen molar-refractivity contribution in [1.82, 2.24) is 20.2 Å². The summed E-state index contributed by atoms with van der Waals surface area (Å²) in [5, 5.41) is 9.96. The molecule has 3 aliphatic rings. The number of hydrogen-bond acceptors (Lipinski definition) is 7. The van der Waals surface area contributed by atoms with Crippen LogP contribution < -0.4 is 20.7 Å². The van der Waals surface area contributed by atoms with E-state index < -0.39 is 0 Å². The van der Waals surface area contributed by atoms with Crippen molar-refractivity contribution in [1.29, 1.82) is 0 Å². The van der Waals surface area contributed by atoms with Crippen molar-refractivity contribution in [2.75, 3.05) is 36.9 Å². The van der Waals surface area contributed by atoms with Gasteiger partial charge in [0.25, 0.3) is 0 Å². The van der Waals surface area contributed by atoms with Crippen molar-refractivity contribution < 1.29 is 9.53 Å². The van der Waals surface area contributed by atoms with Crippen LogP contribution in [0.25, 0.3) is 0 Å². The van der Waals surface area contributed by atoms with E-state index in [4.69, 9.17) is 16.3 Å². The summed E-state index contributed by atoms with van der Waals surface area (Å²) in [4.78, 5) is 23.4. The molecular formula is C25H29ClN6O2. The van der Waals surface area contributed by atoms with Crippen molar-refractivity contribution in [3.8, 4) is 5.75 Å². The number of aromatic nitrogens is 2.